The third-order valence-electron chi connectivity index (χ3n) is 4.71. The van der Waals surface area contributed by atoms with E-state index < -0.39 is 0 Å². The van der Waals surface area contributed by atoms with Gasteiger partial charge in [0.2, 0.25) is 5.91 Å². The molecule has 0 spiro atoms. The van der Waals surface area contributed by atoms with E-state index in [1.54, 1.807) is 6.20 Å². The lowest BCUT2D eigenvalue weighted by Crippen LogP contribution is -2.39. The van der Waals surface area contributed by atoms with Gasteiger partial charge in [0, 0.05) is 36.9 Å². The summed E-state index contributed by atoms with van der Waals surface area (Å²) in [5.41, 5.74) is 1.20. The SMILES string of the molecule is O=C(CCc1ccccn1)NC[C@]12CCC[C@H]1OCC2. The fourth-order valence-corrected chi connectivity index (χ4v) is 3.50. The van der Waals surface area contributed by atoms with Gasteiger partial charge in [0.05, 0.1) is 6.10 Å². The Kier molecular flexibility index (Phi) is 4.01. The Labute approximate surface area is 119 Å². The predicted molar refractivity (Wildman–Crippen MR) is 76.2 cm³/mol. The van der Waals surface area contributed by atoms with Crippen LogP contribution in [0.4, 0.5) is 0 Å². The smallest absolute Gasteiger partial charge is 0.220 e. The predicted octanol–water partition coefficient (Wildman–Crippen LogP) is 2.09. The van der Waals surface area contributed by atoms with Crippen LogP contribution in [0.25, 0.3) is 0 Å². The highest BCUT2D eigenvalue weighted by molar-refractivity contribution is 5.76. The van der Waals surface area contributed by atoms with Crippen LogP contribution in [0.3, 0.4) is 0 Å². The minimum atomic E-state index is 0.127. The zero-order valence-electron chi connectivity index (χ0n) is 11.8. The molecule has 1 amide bonds. The quantitative estimate of drug-likeness (QED) is 0.894. The number of carbonyl (C=O) groups excluding carboxylic acids is 1. The molecule has 20 heavy (non-hydrogen) atoms. The first-order valence-electron chi connectivity index (χ1n) is 7.57. The number of pyridine rings is 1. The molecule has 1 saturated carbocycles. The first-order chi connectivity index (χ1) is 9.78. The molecule has 2 fully saturated rings. The molecule has 1 saturated heterocycles. The van der Waals surface area contributed by atoms with E-state index in [1.165, 1.54) is 12.8 Å². The van der Waals surface area contributed by atoms with Crippen LogP contribution in [-0.2, 0) is 16.0 Å². The molecule has 2 heterocycles. The van der Waals surface area contributed by atoms with Gasteiger partial charge in [0.25, 0.3) is 0 Å². The number of hydrogen-bond acceptors (Lipinski definition) is 3. The van der Waals surface area contributed by atoms with Crippen molar-refractivity contribution >= 4 is 5.91 Å². The number of amides is 1. The summed E-state index contributed by atoms with van der Waals surface area (Å²) in [4.78, 5) is 16.2. The van der Waals surface area contributed by atoms with Crippen molar-refractivity contribution < 1.29 is 9.53 Å². The molecule has 0 bridgehead atoms. The van der Waals surface area contributed by atoms with Crippen LogP contribution in [0.5, 0.6) is 0 Å². The molecular formula is C16H22N2O2. The number of aryl methyl sites for hydroxylation is 1. The number of nitrogens with zero attached hydrogens (tertiary/aromatic N) is 1. The third kappa shape index (κ3) is 2.85. The molecule has 4 heteroatoms. The van der Waals surface area contributed by atoms with Crippen molar-refractivity contribution in [1.29, 1.82) is 0 Å². The Morgan fingerprint density at radius 2 is 2.40 bits per heavy atom. The summed E-state index contributed by atoms with van der Waals surface area (Å²) in [6, 6.07) is 5.81. The van der Waals surface area contributed by atoms with E-state index in [0.29, 0.717) is 18.9 Å². The highest BCUT2D eigenvalue weighted by atomic mass is 16.5. The third-order valence-corrected chi connectivity index (χ3v) is 4.71. The van der Waals surface area contributed by atoms with Crippen molar-refractivity contribution in [2.24, 2.45) is 5.41 Å². The lowest BCUT2D eigenvalue weighted by Gasteiger charge is -2.27. The van der Waals surface area contributed by atoms with E-state index in [0.717, 1.165) is 31.7 Å². The molecule has 0 unspecified atom stereocenters. The van der Waals surface area contributed by atoms with Crippen LogP contribution in [-0.4, -0.2) is 30.1 Å². The molecule has 2 atom stereocenters. The molecule has 108 valence electrons. The lowest BCUT2D eigenvalue weighted by molar-refractivity contribution is -0.121. The van der Waals surface area contributed by atoms with Crippen LogP contribution in [0.15, 0.2) is 24.4 Å². The zero-order chi connectivity index (χ0) is 13.8. The Morgan fingerprint density at radius 3 is 3.25 bits per heavy atom. The summed E-state index contributed by atoms with van der Waals surface area (Å²) in [5.74, 6) is 0.127. The first-order valence-corrected chi connectivity index (χ1v) is 7.57. The molecule has 4 nitrogen and oxygen atoms in total. The summed E-state index contributed by atoms with van der Waals surface area (Å²) in [7, 11) is 0. The minimum Gasteiger partial charge on any atom is -0.378 e. The van der Waals surface area contributed by atoms with Gasteiger partial charge in [-0.1, -0.05) is 12.5 Å². The van der Waals surface area contributed by atoms with Crippen LogP contribution in [0, 0.1) is 5.41 Å². The van der Waals surface area contributed by atoms with E-state index in [4.69, 9.17) is 4.74 Å². The van der Waals surface area contributed by atoms with Crippen LogP contribution >= 0.6 is 0 Å². The number of hydrogen-bond donors (Lipinski definition) is 1. The van der Waals surface area contributed by atoms with E-state index in [2.05, 4.69) is 10.3 Å². The Morgan fingerprint density at radius 1 is 1.45 bits per heavy atom. The summed E-state index contributed by atoms with van der Waals surface area (Å²) in [6.07, 6.45) is 8.04. The van der Waals surface area contributed by atoms with Gasteiger partial charge >= 0.3 is 0 Å². The second-order valence-corrected chi connectivity index (χ2v) is 5.96. The Bertz CT molecular complexity index is 451. The second-order valence-electron chi connectivity index (χ2n) is 5.96. The Balaban J connectivity index is 1.45. The van der Waals surface area contributed by atoms with Crippen LogP contribution in [0.2, 0.25) is 0 Å². The maximum Gasteiger partial charge on any atom is 0.220 e. The van der Waals surface area contributed by atoms with Crippen molar-refractivity contribution in [3.63, 3.8) is 0 Å². The largest absolute Gasteiger partial charge is 0.378 e. The van der Waals surface area contributed by atoms with Crippen molar-refractivity contribution in [3.8, 4) is 0 Å². The fourth-order valence-electron chi connectivity index (χ4n) is 3.50. The number of nitrogens with one attached hydrogen (secondary N) is 1. The van der Waals surface area contributed by atoms with Crippen molar-refractivity contribution in [1.82, 2.24) is 10.3 Å². The summed E-state index contributed by atoms with van der Waals surface area (Å²) >= 11 is 0. The average molecular weight is 274 g/mol. The second kappa shape index (κ2) is 5.92. The van der Waals surface area contributed by atoms with E-state index in [-0.39, 0.29) is 11.3 Å². The number of aromatic nitrogens is 1. The molecule has 1 aliphatic heterocycles. The van der Waals surface area contributed by atoms with Crippen molar-refractivity contribution in [3.05, 3.63) is 30.1 Å². The van der Waals surface area contributed by atoms with Crippen LogP contribution in [0.1, 0.15) is 37.8 Å². The first kappa shape index (κ1) is 13.6. The van der Waals surface area contributed by atoms with Gasteiger partial charge in [0.15, 0.2) is 0 Å². The molecule has 3 rings (SSSR count). The van der Waals surface area contributed by atoms with Crippen LogP contribution < -0.4 is 5.32 Å². The lowest BCUT2D eigenvalue weighted by atomic mass is 9.83. The number of rotatable bonds is 5. The summed E-state index contributed by atoms with van der Waals surface area (Å²) in [5, 5.41) is 3.11. The van der Waals surface area contributed by atoms with Gasteiger partial charge in [-0.2, -0.15) is 0 Å². The van der Waals surface area contributed by atoms with E-state index >= 15 is 0 Å². The van der Waals surface area contributed by atoms with Gasteiger partial charge < -0.3 is 10.1 Å². The minimum absolute atomic E-state index is 0.127. The molecule has 1 aliphatic carbocycles. The van der Waals surface area contributed by atoms with Gasteiger partial charge in [0.1, 0.15) is 0 Å². The number of fused-ring (bicyclic) bond motifs is 1. The normalized spacial score (nSPS) is 28.3. The number of carbonyl (C=O) groups is 1. The summed E-state index contributed by atoms with van der Waals surface area (Å²) in [6.45, 7) is 1.63. The van der Waals surface area contributed by atoms with Gasteiger partial charge in [-0.15, -0.1) is 0 Å². The fraction of sp³-hybridized carbons (Fsp3) is 0.625. The monoisotopic (exact) mass is 274 g/mol. The summed E-state index contributed by atoms with van der Waals surface area (Å²) < 4.78 is 5.78. The number of ether oxygens (including phenoxy) is 1. The van der Waals surface area contributed by atoms with E-state index in [1.807, 2.05) is 18.2 Å². The van der Waals surface area contributed by atoms with Gasteiger partial charge in [-0.05, 0) is 37.8 Å². The molecule has 1 N–H and O–H groups in total. The highest BCUT2D eigenvalue weighted by Gasteiger charge is 2.47. The zero-order valence-corrected chi connectivity index (χ0v) is 11.8. The molecule has 0 radical (unpaired) electrons. The van der Waals surface area contributed by atoms with Crippen molar-refractivity contribution in [2.75, 3.05) is 13.2 Å². The Hall–Kier alpha value is -1.42. The molecule has 1 aromatic heterocycles. The van der Waals surface area contributed by atoms with Crippen molar-refractivity contribution in [2.45, 2.75) is 44.6 Å². The van der Waals surface area contributed by atoms with Gasteiger partial charge in [-0.25, -0.2) is 0 Å². The molecule has 1 aromatic rings. The maximum atomic E-state index is 12.0. The molecule has 0 aromatic carbocycles. The topological polar surface area (TPSA) is 51.2 Å². The molecule has 2 aliphatic rings. The molecular weight excluding hydrogens is 252 g/mol. The maximum absolute atomic E-state index is 12.0. The van der Waals surface area contributed by atoms with E-state index in [9.17, 15) is 4.79 Å². The van der Waals surface area contributed by atoms with Gasteiger partial charge in [-0.3, -0.25) is 9.78 Å². The standard InChI is InChI=1S/C16H22N2O2/c19-15(7-6-13-4-1-2-10-17-13)18-12-16-8-3-5-14(16)20-11-9-16/h1-2,4,10,14H,3,5-9,11-12H2,(H,18,19)/t14-,16-/m1/s1. The highest BCUT2D eigenvalue weighted by Crippen LogP contribution is 2.46. The average Bonchev–Trinajstić information content (AvgIpc) is 3.04.